The number of halogens is 3. The zero-order chi connectivity index (χ0) is 16.5. The van der Waals surface area contributed by atoms with Crippen LogP contribution in [-0.4, -0.2) is 36.6 Å². The van der Waals surface area contributed by atoms with E-state index in [0.717, 1.165) is 0 Å². The van der Waals surface area contributed by atoms with Gasteiger partial charge in [-0.25, -0.2) is 9.78 Å². The number of likely N-dealkylation sites (N-methyl/N-ethyl adjacent to an activating group) is 1. The lowest BCUT2D eigenvalue weighted by molar-refractivity contribution is -0.147. The summed E-state index contributed by atoms with van der Waals surface area (Å²) in [6.07, 6.45) is 1.10. The highest BCUT2D eigenvalue weighted by molar-refractivity contribution is 6.32. The summed E-state index contributed by atoms with van der Waals surface area (Å²) in [4.78, 5) is 26.3. The van der Waals surface area contributed by atoms with Crippen LogP contribution in [0.15, 0.2) is 12.1 Å². The Kier molecular flexibility index (Phi) is 10.7. The average Bonchev–Trinajstić information content (AvgIpc) is 2.43. The molecule has 1 aromatic heterocycles. The summed E-state index contributed by atoms with van der Waals surface area (Å²) in [5.41, 5.74) is 5.61. The fourth-order valence-corrected chi connectivity index (χ4v) is 2.26. The molecule has 1 aromatic rings. The van der Waals surface area contributed by atoms with Crippen LogP contribution < -0.4 is 16.4 Å². The number of hydrogen-bond acceptors (Lipinski definition) is 5. The number of nitrogens with two attached hydrogens (primary N) is 1. The Hall–Kier alpha value is -1.28. The van der Waals surface area contributed by atoms with Crippen LogP contribution in [0.5, 0.6) is 0 Å². The molecule has 23 heavy (non-hydrogen) atoms. The van der Waals surface area contributed by atoms with Crippen molar-refractivity contribution < 1.29 is 14.3 Å². The highest BCUT2D eigenvalue weighted by Gasteiger charge is 2.17. The van der Waals surface area contributed by atoms with Gasteiger partial charge in [0.25, 0.3) is 0 Å². The molecule has 2 amide bonds. The highest BCUT2D eigenvalue weighted by Crippen LogP contribution is 2.15. The Bertz CT molecular complexity index is 511. The number of rotatable bonds is 8. The second-order valence-electron chi connectivity index (χ2n) is 4.50. The Morgan fingerprint density at radius 3 is 2.48 bits per heavy atom. The lowest BCUT2D eigenvalue weighted by Gasteiger charge is -2.15. The summed E-state index contributed by atoms with van der Waals surface area (Å²) < 4.78 is 5.21. The first kappa shape index (κ1) is 21.7. The monoisotopic (exact) mass is 384 g/mol. The van der Waals surface area contributed by atoms with Crippen molar-refractivity contribution in [1.82, 2.24) is 15.6 Å². The largest absolute Gasteiger partial charge is 0.460 e. The van der Waals surface area contributed by atoms with Crippen LogP contribution in [0.2, 0.25) is 10.3 Å². The molecule has 0 aliphatic carbocycles. The minimum absolute atomic E-state index is 0. The average molecular weight is 386 g/mol. The normalized spacial score (nSPS) is 11.3. The van der Waals surface area contributed by atoms with Crippen molar-refractivity contribution in [2.45, 2.75) is 25.5 Å². The van der Waals surface area contributed by atoms with Gasteiger partial charge < -0.3 is 21.1 Å². The van der Waals surface area contributed by atoms with Gasteiger partial charge in [-0.3, -0.25) is 4.79 Å². The van der Waals surface area contributed by atoms with Gasteiger partial charge in [0.2, 0.25) is 0 Å². The van der Waals surface area contributed by atoms with E-state index < -0.39 is 18.0 Å². The van der Waals surface area contributed by atoms with E-state index in [1.807, 2.05) is 0 Å². The molecule has 1 rings (SSSR count). The molecule has 0 aliphatic heterocycles. The van der Waals surface area contributed by atoms with E-state index in [1.165, 1.54) is 0 Å². The molecular formula is C13H19Cl3N4O3. The van der Waals surface area contributed by atoms with Crippen LogP contribution in [-0.2, 0) is 16.1 Å². The van der Waals surface area contributed by atoms with Gasteiger partial charge in [0.05, 0.1) is 0 Å². The minimum atomic E-state index is -0.588. The summed E-state index contributed by atoms with van der Waals surface area (Å²) in [6.45, 7) is 0.453. The van der Waals surface area contributed by atoms with Crippen LogP contribution in [0.3, 0.4) is 0 Å². The predicted molar refractivity (Wildman–Crippen MR) is 91.0 cm³/mol. The molecule has 4 N–H and O–H groups in total. The number of carbonyl (C=O) groups is 2. The molecule has 0 radical (unpaired) electrons. The SMILES string of the molecule is CN[C@@H](CCCNC(N)=O)C(=O)OCc1cc(Cl)nc(Cl)c1.Cl. The maximum Gasteiger partial charge on any atom is 0.323 e. The Labute approximate surface area is 150 Å². The number of ether oxygens (including phenoxy) is 1. The lowest BCUT2D eigenvalue weighted by Crippen LogP contribution is -2.37. The number of urea groups is 1. The zero-order valence-corrected chi connectivity index (χ0v) is 14.8. The number of primary amides is 1. The fourth-order valence-electron chi connectivity index (χ4n) is 1.75. The second-order valence-corrected chi connectivity index (χ2v) is 5.28. The second kappa shape index (κ2) is 11.3. The first-order chi connectivity index (χ1) is 10.4. The van der Waals surface area contributed by atoms with Gasteiger partial charge in [0.15, 0.2) is 0 Å². The molecule has 0 fully saturated rings. The van der Waals surface area contributed by atoms with Crippen LogP contribution in [0.4, 0.5) is 4.79 Å². The van der Waals surface area contributed by atoms with E-state index in [-0.39, 0.29) is 29.3 Å². The number of hydrogen-bond donors (Lipinski definition) is 3. The van der Waals surface area contributed by atoms with Gasteiger partial charge in [-0.15, -0.1) is 12.4 Å². The van der Waals surface area contributed by atoms with Crippen molar-refractivity contribution >= 4 is 47.6 Å². The summed E-state index contributed by atoms with van der Waals surface area (Å²) >= 11 is 11.5. The van der Waals surface area contributed by atoms with E-state index in [1.54, 1.807) is 19.2 Å². The van der Waals surface area contributed by atoms with Crippen molar-refractivity contribution in [3.05, 3.63) is 28.0 Å². The standard InChI is InChI=1S/C13H18Cl2N4O3.ClH/c1-17-9(3-2-4-18-13(16)21)12(20)22-7-8-5-10(14)19-11(15)6-8;/h5-6,9,17H,2-4,7H2,1H3,(H3,16,18,21);1H/t9-;/m0./s1. The van der Waals surface area contributed by atoms with Crippen molar-refractivity contribution in [2.24, 2.45) is 5.73 Å². The lowest BCUT2D eigenvalue weighted by atomic mass is 10.1. The van der Waals surface area contributed by atoms with Crippen LogP contribution in [0.1, 0.15) is 18.4 Å². The van der Waals surface area contributed by atoms with Gasteiger partial charge in [0.1, 0.15) is 23.0 Å². The maximum absolute atomic E-state index is 12.0. The van der Waals surface area contributed by atoms with E-state index in [9.17, 15) is 9.59 Å². The van der Waals surface area contributed by atoms with Gasteiger partial charge in [0, 0.05) is 6.54 Å². The molecule has 0 bridgehead atoms. The third-order valence-corrected chi connectivity index (χ3v) is 3.19. The number of carbonyl (C=O) groups excluding carboxylic acids is 2. The van der Waals surface area contributed by atoms with Gasteiger partial charge in [-0.05, 0) is 37.6 Å². The summed E-state index contributed by atoms with van der Waals surface area (Å²) in [7, 11) is 1.66. The molecule has 130 valence electrons. The van der Waals surface area contributed by atoms with Crippen LogP contribution >= 0.6 is 35.6 Å². The first-order valence-corrected chi connectivity index (χ1v) is 7.37. The minimum Gasteiger partial charge on any atom is -0.460 e. The van der Waals surface area contributed by atoms with Crippen molar-refractivity contribution in [3.8, 4) is 0 Å². The van der Waals surface area contributed by atoms with E-state index >= 15 is 0 Å². The van der Waals surface area contributed by atoms with Gasteiger partial charge >= 0.3 is 12.0 Å². The van der Waals surface area contributed by atoms with Crippen LogP contribution in [0, 0.1) is 0 Å². The number of amides is 2. The molecule has 0 spiro atoms. The smallest absolute Gasteiger partial charge is 0.323 e. The fraction of sp³-hybridized carbons (Fsp3) is 0.462. The van der Waals surface area contributed by atoms with Crippen molar-refractivity contribution in [1.29, 1.82) is 0 Å². The molecule has 0 unspecified atom stereocenters. The topological polar surface area (TPSA) is 106 Å². The molecule has 10 heteroatoms. The molecule has 7 nitrogen and oxygen atoms in total. The van der Waals surface area contributed by atoms with Crippen LogP contribution in [0.25, 0.3) is 0 Å². The molecule has 1 heterocycles. The number of nitrogens with zero attached hydrogens (tertiary/aromatic N) is 1. The van der Waals surface area contributed by atoms with E-state index in [2.05, 4.69) is 15.6 Å². The highest BCUT2D eigenvalue weighted by atomic mass is 35.5. The zero-order valence-electron chi connectivity index (χ0n) is 12.5. The summed E-state index contributed by atoms with van der Waals surface area (Å²) in [5.74, 6) is -0.398. The third kappa shape index (κ3) is 8.80. The number of esters is 1. The Morgan fingerprint density at radius 2 is 1.96 bits per heavy atom. The predicted octanol–water partition coefficient (Wildman–Crippen LogP) is 1.89. The van der Waals surface area contributed by atoms with Gasteiger partial charge in [-0.2, -0.15) is 0 Å². The maximum atomic E-state index is 12.0. The van der Waals surface area contributed by atoms with E-state index in [0.29, 0.717) is 24.9 Å². The summed E-state index contributed by atoms with van der Waals surface area (Å²) in [6, 6.07) is 2.09. The molecule has 0 aliphatic rings. The summed E-state index contributed by atoms with van der Waals surface area (Å²) in [5, 5.41) is 5.80. The molecule has 0 saturated heterocycles. The molecule has 1 atom stereocenters. The number of nitrogens with one attached hydrogen (secondary N) is 2. The van der Waals surface area contributed by atoms with E-state index in [4.69, 9.17) is 33.7 Å². The Morgan fingerprint density at radius 1 is 1.35 bits per heavy atom. The molecule has 0 saturated carbocycles. The van der Waals surface area contributed by atoms with Crippen molar-refractivity contribution in [2.75, 3.05) is 13.6 Å². The first-order valence-electron chi connectivity index (χ1n) is 6.61. The Balaban J connectivity index is 0.00000484. The quantitative estimate of drug-likeness (QED) is 0.360. The van der Waals surface area contributed by atoms with Crippen molar-refractivity contribution in [3.63, 3.8) is 0 Å². The number of pyridine rings is 1. The number of aromatic nitrogens is 1. The molecule has 0 aromatic carbocycles. The third-order valence-electron chi connectivity index (χ3n) is 2.81. The molecular weight excluding hydrogens is 367 g/mol. The van der Waals surface area contributed by atoms with Gasteiger partial charge in [-0.1, -0.05) is 23.2 Å².